The first-order valence-electron chi connectivity index (χ1n) is 7.00. The minimum absolute atomic E-state index is 0.504. The molecular formula is C14H24BrN3. The molecule has 1 saturated heterocycles. The van der Waals surface area contributed by atoms with Crippen molar-refractivity contribution in [3.05, 3.63) is 18.0 Å². The molecule has 4 heteroatoms. The lowest BCUT2D eigenvalue weighted by atomic mass is 9.99. The summed E-state index contributed by atoms with van der Waals surface area (Å²) in [5, 5.41) is 4.68. The maximum Gasteiger partial charge on any atom is 0.0764 e. The average molecular weight is 314 g/mol. The monoisotopic (exact) mass is 313 g/mol. The molecule has 102 valence electrons. The van der Waals surface area contributed by atoms with Crippen LogP contribution >= 0.6 is 15.9 Å². The van der Waals surface area contributed by atoms with Gasteiger partial charge >= 0.3 is 0 Å². The number of rotatable bonds is 4. The fourth-order valence-corrected chi connectivity index (χ4v) is 3.03. The van der Waals surface area contributed by atoms with Crippen LogP contribution < -0.4 is 0 Å². The molecule has 0 bridgehead atoms. The van der Waals surface area contributed by atoms with E-state index in [1.807, 2.05) is 0 Å². The van der Waals surface area contributed by atoms with E-state index in [-0.39, 0.29) is 0 Å². The summed E-state index contributed by atoms with van der Waals surface area (Å²) in [6.45, 7) is 10.1. The fourth-order valence-electron chi connectivity index (χ4n) is 2.35. The number of hydrogen-bond acceptors (Lipinski definition) is 2. The molecule has 18 heavy (non-hydrogen) atoms. The minimum atomic E-state index is 0.504. The molecule has 2 rings (SSSR count). The molecule has 3 atom stereocenters. The zero-order valence-electron chi connectivity index (χ0n) is 11.6. The summed E-state index contributed by atoms with van der Waals surface area (Å²) < 4.78 is 2.09. The van der Waals surface area contributed by atoms with Crippen LogP contribution in [0.2, 0.25) is 0 Å². The van der Waals surface area contributed by atoms with E-state index >= 15 is 0 Å². The van der Waals surface area contributed by atoms with Crippen molar-refractivity contribution in [2.45, 2.75) is 51.0 Å². The number of hydrogen-bond donors (Lipinski definition) is 0. The van der Waals surface area contributed by atoms with E-state index in [9.17, 15) is 0 Å². The molecule has 0 radical (unpaired) electrons. The quantitative estimate of drug-likeness (QED) is 0.794. The summed E-state index contributed by atoms with van der Waals surface area (Å²) in [5.74, 6) is 0.791. The fraction of sp³-hybridized carbons (Fsp3) is 0.786. The van der Waals surface area contributed by atoms with Gasteiger partial charge in [-0.1, -0.05) is 29.8 Å². The Kier molecular flexibility index (Phi) is 4.84. The van der Waals surface area contributed by atoms with Gasteiger partial charge in [-0.3, -0.25) is 9.58 Å². The van der Waals surface area contributed by atoms with Crippen molar-refractivity contribution >= 4 is 15.9 Å². The summed E-state index contributed by atoms with van der Waals surface area (Å²) in [6, 6.07) is 2.66. The number of halogens is 1. The predicted molar refractivity (Wildman–Crippen MR) is 79.0 cm³/mol. The van der Waals surface area contributed by atoms with Gasteiger partial charge in [0.05, 0.1) is 5.69 Å². The van der Waals surface area contributed by atoms with Crippen molar-refractivity contribution in [1.82, 2.24) is 14.7 Å². The second-order valence-electron chi connectivity index (χ2n) is 5.56. The molecule has 1 aromatic rings. The molecule has 0 N–H and O–H groups in total. The number of aromatic nitrogens is 2. The molecule has 1 aromatic heterocycles. The number of piperidine rings is 1. The Morgan fingerprint density at radius 1 is 1.56 bits per heavy atom. The zero-order valence-corrected chi connectivity index (χ0v) is 13.2. The molecule has 0 aliphatic carbocycles. The van der Waals surface area contributed by atoms with Crippen molar-refractivity contribution in [2.24, 2.45) is 5.92 Å². The maximum absolute atomic E-state index is 4.68. The van der Waals surface area contributed by atoms with E-state index in [1.165, 1.54) is 18.7 Å². The van der Waals surface area contributed by atoms with Crippen molar-refractivity contribution < 1.29 is 0 Å². The normalized spacial score (nSPS) is 27.3. The Labute approximate surface area is 119 Å². The highest BCUT2D eigenvalue weighted by molar-refractivity contribution is 9.09. The minimum Gasteiger partial charge on any atom is -0.296 e. The van der Waals surface area contributed by atoms with Crippen LogP contribution in [0.25, 0.3) is 0 Å². The van der Waals surface area contributed by atoms with Crippen LogP contribution in [-0.4, -0.2) is 32.6 Å². The highest BCUT2D eigenvalue weighted by Gasteiger charge is 2.24. The lowest BCUT2D eigenvalue weighted by Gasteiger charge is -2.33. The van der Waals surface area contributed by atoms with Gasteiger partial charge in [0, 0.05) is 30.2 Å². The molecule has 0 spiro atoms. The first kappa shape index (κ1) is 14.1. The molecule has 1 fully saturated rings. The van der Waals surface area contributed by atoms with E-state index in [2.05, 4.69) is 63.6 Å². The van der Waals surface area contributed by atoms with Crippen molar-refractivity contribution in [3.63, 3.8) is 0 Å². The number of alkyl halides is 1. The zero-order chi connectivity index (χ0) is 13.1. The Morgan fingerprint density at radius 3 is 3.00 bits per heavy atom. The van der Waals surface area contributed by atoms with Crippen LogP contribution in [0.15, 0.2) is 12.3 Å². The van der Waals surface area contributed by atoms with Gasteiger partial charge in [-0.2, -0.15) is 5.10 Å². The first-order chi connectivity index (χ1) is 8.60. The van der Waals surface area contributed by atoms with Gasteiger partial charge in [-0.15, -0.1) is 0 Å². The van der Waals surface area contributed by atoms with Gasteiger partial charge in [-0.05, 0) is 38.3 Å². The number of likely N-dealkylation sites (tertiary alicyclic amines) is 1. The van der Waals surface area contributed by atoms with E-state index in [0.29, 0.717) is 10.9 Å². The van der Waals surface area contributed by atoms with Crippen LogP contribution in [0, 0.1) is 5.92 Å². The van der Waals surface area contributed by atoms with Gasteiger partial charge in [0.1, 0.15) is 0 Å². The van der Waals surface area contributed by atoms with Crippen LogP contribution in [0.3, 0.4) is 0 Å². The smallest absolute Gasteiger partial charge is 0.0764 e. The molecule has 3 unspecified atom stereocenters. The standard InChI is InChI=1S/C14H24BrN3/c1-4-12(3)18-8-6-13(16-18)9-17-7-5-11(2)14(15)10-17/h6,8,11-12,14H,4-5,7,9-10H2,1-3H3. The van der Waals surface area contributed by atoms with Crippen molar-refractivity contribution in [3.8, 4) is 0 Å². The summed E-state index contributed by atoms with van der Waals surface area (Å²) in [7, 11) is 0. The third-order valence-corrected chi connectivity index (χ3v) is 5.23. The summed E-state index contributed by atoms with van der Waals surface area (Å²) in [6.07, 6.45) is 4.52. The van der Waals surface area contributed by atoms with Gasteiger partial charge in [0.15, 0.2) is 0 Å². The van der Waals surface area contributed by atoms with E-state index in [4.69, 9.17) is 0 Å². The third kappa shape index (κ3) is 3.35. The van der Waals surface area contributed by atoms with Crippen LogP contribution in [0.1, 0.15) is 45.3 Å². The van der Waals surface area contributed by atoms with Crippen molar-refractivity contribution in [1.29, 1.82) is 0 Å². The molecule has 2 heterocycles. The highest BCUT2D eigenvalue weighted by Crippen LogP contribution is 2.24. The SMILES string of the molecule is CCC(C)n1ccc(CN2CCC(C)C(Br)C2)n1. The number of nitrogens with zero attached hydrogens (tertiary/aromatic N) is 3. The molecule has 0 saturated carbocycles. The first-order valence-corrected chi connectivity index (χ1v) is 7.92. The lowest BCUT2D eigenvalue weighted by Crippen LogP contribution is -2.39. The molecule has 3 nitrogen and oxygen atoms in total. The molecular weight excluding hydrogens is 290 g/mol. The summed E-state index contributed by atoms with van der Waals surface area (Å²) in [5.41, 5.74) is 1.20. The lowest BCUT2D eigenvalue weighted by molar-refractivity contribution is 0.191. The molecule has 0 aromatic carbocycles. The summed E-state index contributed by atoms with van der Waals surface area (Å²) >= 11 is 3.78. The Bertz CT molecular complexity index is 377. The van der Waals surface area contributed by atoms with Gasteiger partial charge in [0.2, 0.25) is 0 Å². The molecule has 0 amide bonds. The van der Waals surface area contributed by atoms with E-state index in [0.717, 1.165) is 25.4 Å². The third-order valence-electron chi connectivity index (χ3n) is 4.04. The van der Waals surface area contributed by atoms with Crippen LogP contribution in [0.5, 0.6) is 0 Å². The van der Waals surface area contributed by atoms with Gasteiger partial charge < -0.3 is 0 Å². The molecule has 1 aliphatic rings. The predicted octanol–water partition coefficient (Wildman–Crippen LogP) is 3.46. The largest absolute Gasteiger partial charge is 0.296 e. The van der Waals surface area contributed by atoms with E-state index in [1.54, 1.807) is 0 Å². The average Bonchev–Trinajstić information content (AvgIpc) is 2.81. The summed E-state index contributed by atoms with van der Waals surface area (Å²) in [4.78, 5) is 3.13. The Morgan fingerprint density at radius 2 is 2.33 bits per heavy atom. The second kappa shape index (κ2) is 6.20. The highest BCUT2D eigenvalue weighted by atomic mass is 79.9. The van der Waals surface area contributed by atoms with Gasteiger partial charge in [-0.25, -0.2) is 0 Å². The van der Waals surface area contributed by atoms with Crippen LogP contribution in [0.4, 0.5) is 0 Å². The molecule has 1 aliphatic heterocycles. The van der Waals surface area contributed by atoms with Crippen molar-refractivity contribution in [2.75, 3.05) is 13.1 Å². The van der Waals surface area contributed by atoms with Gasteiger partial charge in [0.25, 0.3) is 0 Å². The Balaban J connectivity index is 1.91. The second-order valence-corrected chi connectivity index (χ2v) is 6.74. The van der Waals surface area contributed by atoms with Crippen LogP contribution in [-0.2, 0) is 6.54 Å². The van der Waals surface area contributed by atoms with E-state index < -0.39 is 0 Å². The Hall–Kier alpha value is -0.350. The maximum atomic E-state index is 4.68. The topological polar surface area (TPSA) is 21.1 Å².